The summed E-state index contributed by atoms with van der Waals surface area (Å²) in [5.74, 6) is -0.653. The van der Waals surface area contributed by atoms with Crippen LogP contribution in [0.15, 0.2) is 30.5 Å². The van der Waals surface area contributed by atoms with E-state index in [1.807, 2.05) is 0 Å². The summed E-state index contributed by atoms with van der Waals surface area (Å²) in [5.41, 5.74) is -0.0272. The molecule has 2 aromatic rings. The molecule has 7 heteroatoms. The van der Waals surface area contributed by atoms with Gasteiger partial charge in [0.25, 0.3) is 5.69 Å². The Morgan fingerprint density at radius 3 is 2.57 bits per heavy atom. The summed E-state index contributed by atoms with van der Waals surface area (Å²) in [6, 6.07) is 5.89. The quantitative estimate of drug-likeness (QED) is 0.530. The van der Waals surface area contributed by atoms with Gasteiger partial charge < -0.3 is 5.32 Å². The molecule has 0 aliphatic heterocycles. The molecule has 1 N–H and O–H groups in total. The number of amides is 1. The number of non-ortho nitro benzene ring substituents is 1. The molecular weight excluding hydrogens is 298 g/mol. The number of hydrogen-bond donors (Lipinski definition) is 1. The van der Waals surface area contributed by atoms with E-state index in [0.29, 0.717) is 16.6 Å². The molecule has 0 fully saturated rings. The average molecular weight is 315 g/mol. The van der Waals surface area contributed by atoms with Crippen LogP contribution in [-0.2, 0) is 9.59 Å². The number of pyridine rings is 1. The molecule has 0 unspecified atom stereocenters. The zero-order valence-corrected chi connectivity index (χ0v) is 13.1. The van der Waals surface area contributed by atoms with Crippen molar-refractivity contribution in [2.24, 2.45) is 5.41 Å². The lowest BCUT2D eigenvalue weighted by Crippen LogP contribution is -2.26. The standard InChI is InChI=1S/C16H17N3O4/c1-16(2,3)13(20)9-14(21)18-11-6-7-12(19(22)23)10-5-4-8-17-15(10)11/h4-8H,9H2,1-3H3,(H,18,21). The van der Waals surface area contributed by atoms with Crippen LogP contribution in [0, 0.1) is 15.5 Å². The Balaban J connectivity index is 2.31. The van der Waals surface area contributed by atoms with Crippen LogP contribution in [0.1, 0.15) is 27.2 Å². The smallest absolute Gasteiger partial charge is 0.278 e. The van der Waals surface area contributed by atoms with Crippen LogP contribution in [0.25, 0.3) is 10.9 Å². The molecule has 120 valence electrons. The van der Waals surface area contributed by atoms with Gasteiger partial charge in [-0.25, -0.2) is 0 Å². The lowest BCUT2D eigenvalue weighted by molar-refractivity contribution is -0.383. The van der Waals surface area contributed by atoms with Gasteiger partial charge in [-0.3, -0.25) is 24.7 Å². The topological polar surface area (TPSA) is 102 Å². The predicted octanol–water partition coefficient (Wildman–Crippen LogP) is 3.09. The molecule has 0 radical (unpaired) electrons. The van der Waals surface area contributed by atoms with Crippen molar-refractivity contribution in [1.82, 2.24) is 4.98 Å². The van der Waals surface area contributed by atoms with E-state index in [1.54, 1.807) is 32.9 Å². The number of fused-ring (bicyclic) bond motifs is 1. The third-order valence-electron chi connectivity index (χ3n) is 3.38. The summed E-state index contributed by atoms with van der Waals surface area (Å²) in [5, 5.41) is 14.0. The summed E-state index contributed by atoms with van der Waals surface area (Å²) < 4.78 is 0. The van der Waals surface area contributed by atoms with Gasteiger partial charge in [0.2, 0.25) is 5.91 Å². The molecule has 1 aromatic heterocycles. The first-order chi connectivity index (χ1) is 10.7. The van der Waals surface area contributed by atoms with Gasteiger partial charge in [0, 0.05) is 17.7 Å². The molecule has 1 heterocycles. The Morgan fingerprint density at radius 2 is 1.96 bits per heavy atom. The highest BCUT2D eigenvalue weighted by Crippen LogP contribution is 2.30. The van der Waals surface area contributed by atoms with Crippen molar-refractivity contribution < 1.29 is 14.5 Å². The predicted molar refractivity (Wildman–Crippen MR) is 86.1 cm³/mol. The van der Waals surface area contributed by atoms with E-state index in [2.05, 4.69) is 10.3 Å². The highest BCUT2D eigenvalue weighted by molar-refractivity contribution is 6.09. The van der Waals surface area contributed by atoms with Crippen molar-refractivity contribution >= 4 is 34.0 Å². The third kappa shape index (κ3) is 3.68. The summed E-state index contributed by atoms with van der Waals surface area (Å²) in [6.07, 6.45) is 1.23. The molecule has 0 aliphatic carbocycles. The van der Waals surface area contributed by atoms with Gasteiger partial charge in [0.1, 0.15) is 11.3 Å². The fourth-order valence-corrected chi connectivity index (χ4v) is 2.02. The van der Waals surface area contributed by atoms with E-state index >= 15 is 0 Å². The molecule has 1 amide bonds. The van der Waals surface area contributed by atoms with E-state index in [0.717, 1.165) is 0 Å². The number of carbonyl (C=O) groups excluding carboxylic acids is 2. The number of nitrogens with zero attached hydrogens (tertiary/aromatic N) is 2. The number of carbonyl (C=O) groups is 2. The van der Waals surface area contributed by atoms with Crippen LogP contribution in [0.5, 0.6) is 0 Å². The molecule has 0 atom stereocenters. The highest BCUT2D eigenvalue weighted by atomic mass is 16.6. The second kappa shape index (κ2) is 6.12. The maximum atomic E-state index is 12.0. The van der Waals surface area contributed by atoms with Crippen molar-refractivity contribution in [1.29, 1.82) is 0 Å². The highest BCUT2D eigenvalue weighted by Gasteiger charge is 2.24. The minimum Gasteiger partial charge on any atom is -0.324 e. The molecule has 0 aliphatic rings. The van der Waals surface area contributed by atoms with Crippen LogP contribution in [0.2, 0.25) is 0 Å². The summed E-state index contributed by atoms with van der Waals surface area (Å²) in [4.78, 5) is 38.6. The van der Waals surface area contributed by atoms with Crippen molar-refractivity contribution in [3.8, 4) is 0 Å². The first-order valence-corrected chi connectivity index (χ1v) is 7.05. The first kappa shape index (κ1) is 16.5. The van der Waals surface area contributed by atoms with Gasteiger partial charge >= 0.3 is 0 Å². The summed E-state index contributed by atoms with van der Waals surface area (Å²) >= 11 is 0. The number of rotatable bonds is 4. The zero-order chi connectivity index (χ0) is 17.2. The van der Waals surface area contributed by atoms with Gasteiger partial charge in [-0.1, -0.05) is 20.8 Å². The molecule has 0 bridgehead atoms. The summed E-state index contributed by atoms with van der Waals surface area (Å²) in [7, 11) is 0. The van der Waals surface area contributed by atoms with Gasteiger partial charge in [-0.2, -0.15) is 0 Å². The van der Waals surface area contributed by atoms with Crippen molar-refractivity contribution in [2.75, 3.05) is 5.32 Å². The van der Waals surface area contributed by atoms with Crippen LogP contribution in [0.4, 0.5) is 11.4 Å². The normalized spacial score (nSPS) is 11.3. The van der Waals surface area contributed by atoms with Gasteiger partial charge in [-0.05, 0) is 18.2 Å². The van der Waals surface area contributed by atoms with Crippen molar-refractivity contribution in [3.05, 3.63) is 40.6 Å². The SMILES string of the molecule is CC(C)(C)C(=O)CC(=O)Nc1ccc([N+](=O)[O-])c2cccnc12. The number of Topliss-reactive ketones (excluding diaryl/α,β-unsaturated/α-hetero) is 1. The Labute approximate surface area is 132 Å². The monoisotopic (exact) mass is 315 g/mol. The van der Waals surface area contributed by atoms with Crippen LogP contribution in [0.3, 0.4) is 0 Å². The van der Waals surface area contributed by atoms with E-state index in [9.17, 15) is 19.7 Å². The number of nitro groups is 1. The summed E-state index contributed by atoms with van der Waals surface area (Å²) in [6.45, 7) is 5.22. The number of anilines is 1. The number of benzene rings is 1. The van der Waals surface area contributed by atoms with Gasteiger partial charge in [-0.15, -0.1) is 0 Å². The number of ketones is 1. The van der Waals surface area contributed by atoms with Gasteiger partial charge in [0.15, 0.2) is 0 Å². The maximum Gasteiger partial charge on any atom is 0.278 e. The minimum atomic E-state index is -0.604. The lowest BCUT2D eigenvalue weighted by Gasteiger charge is -2.16. The Bertz CT molecular complexity index is 794. The second-order valence-corrected chi connectivity index (χ2v) is 6.19. The molecule has 2 rings (SSSR count). The van der Waals surface area contributed by atoms with E-state index in [-0.39, 0.29) is 17.9 Å². The molecule has 0 saturated heterocycles. The van der Waals surface area contributed by atoms with E-state index in [1.165, 1.54) is 18.3 Å². The number of hydrogen-bond acceptors (Lipinski definition) is 5. The third-order valence-corrected chi connectivity index (χ3v) is 3.38. The molecular formula is C16H17N3O4. The zero-order valence-electron chi connectivity index (χ0n) is 13.1. The molecule has 0 saturated carbocycles. The lowest BCUT2D eigenvalue weighted by atomic mass is 9.89. The van der Waals surface area contributed by atoms with Crippen molar-refractivity contribution in [3.63, 3.8) is 0 Å². The van der Waals surface area contributed by atoms with Crippen LogP contribution in [-0.4, -0.2) is 21.6 Å². The number of nitro benzene ring substituents is 1. The number of nitrogens with one attached hydrogen (secondary N) is 1. The van der Waals surface area contributed by atoms with Crippen LogP contribution >= 0.6 is 0 Å². The molecule has 1 aromatic carbocycles. The van der Waals surface area contributed by atoms with Crippen LogP contribution < -0.4 is 5.32 Å². The second-order valence-electron chi connectivity index (χ2n) is 6.19. The van der Waals surface area contributed by atoms with E-state index in [4.69, 9.17) is 0 Å². The molecule has 0 spiro atoms. The largest absolute Gasteiger partial charge is 0.324 e. The Kier molecular flexibility index (Phi) is 4.40. The fraction of sp³-hybridized carbons (Fsp3) is 0.312. The number of aromatic nitrogens is 1. The van der Waals surface area contributed by atoms with Crippen molar-refractivity contribution in [2.45, 2.75) is 27.2 Å². The molecule has 23 heavy (non-hydrogen) atoms. The maximum absolute atomic E-state index is 12.0. The minimum absolute atomic E-state index is 0.0862. The first-order valence-electron chi connectivity index (χ1n) is 7.05. The molecule has 7 nitrogen and oxygen atoms in total. The Hall–Kier alpha value is -2.83. The Morgan fingerprint density at radius 1 is 1.26 bits per heavy atom. The fourth-order valence-electron chi connectivity index (χ4n) is 2.02. The van der Waals surface area contributed by atoms with E-state index < -0.39 is 16.2 Å². The van der Waals surface area contributed by atoms with Gasteiger partial charge in [0.05, 0.1) is 22.4 Å². The average Bonchev–Trinajstić information content (AvgIpc) is 2.46.